The summed E-state index contributed by atoms with van der Waals surface area (Å²) in [6.07, 6.45) is 4.14. The second-order valence-electron chi connectivity index (χ2n) is 8.69. The van der Waals surface area contributed by atoms with Crippen LogP contribution in [0.4, 0.5) is 0 Å². The number of amides is 1. The second kappa shape index (κ2) is 7.66. The molecule has 2 aromatic rings. The van der Waals surface area contributed by atoms with E-state index in [1.165, 1.54) is 11.6 Å². The lowest BCUT2D eigenvalue weighted by molar-refractivity contribution is -0.155. The van der Waals surface area contributed by atoms with Gasteiger partial charge in [0.25, 0.3) is 5.56 Å². The molecule has 1 atom stereocenters. The molecule has 2 saturated heterocycles. The fourth-order valence-corrected chi connectivity index (χ4v) is 4.98. The third-order valence-electron chi connectivity index (χ3n) is 6.92. The van der Waals surface area contributed by atoms with Gasteiger partial charge in [-0.25, -0.2) is 9.78 Å². The summed E-state index contributed by atoms with van der Waals surface area (Å²) < 4.78 is 9.90. The molecule has 164 valence electrons. The van der Waals surface area contributed by atoms with E-state index in [0.717, 1.165) is 43.5 Å². The molecule has 2 fully saturated rings. The Hall–Kier alpha value is -2.46. The van der Waals surface area contributed by atoms with Gasteiger partial charge in [-0.1, -0.05) is 0 Å². The summed E-state index contributed by atoms with van der Waals surface area (Å²) in [6, 6.07) is 0. The molecular formula is C20H30N6O4. The van der Waals surface area contributed by atoms with Crippen molar-refractivity contribution >= 4 is 17.1 Å². The van der Waals surface area contributed by atoms with Crippen LogP contribution in [0.2, 0.25) is 0 Å². The van der Waals surface area contributed by atoms with Crippen molar-refractivity contribution < 1.29 is 9.53 Å². The quantitative estimate of drug-likeness (QED) is 0.658. The molecule has 1 amide bonds. The molecule has 0 bridgehead atoms. The maximum absolute atomic E-state index is 12.9. The zero-order valence-corrected chi connectivity index (χ0v) is 18.1. The topological polar surface area (TPSA) is 94.6 Å². The number of aryl methyl sites for hydroxylation is 1. The monoisotopic (exact) mass is 418 g/mol. The number of fused-ring (bicyclic) bond motifs is 1. The number of likely N-dealkylation sites (tertiary alicyclic amines) is 2. The normalized spacial score (nSPS) is 22.3. The zero-order chi connectivity index (χ0) is 21.6. The second-order valence-corrected chi connectivity index (χ2v) is 8.69. The number of nitrogens with zero attached hydrogens (tertiary/aromatic N) is 6. The lowest BCUT2D eigenvalue weighted by atomic mass is 9.71. The van der Waals surface area contributed by atoms with Gasteiger partial charge in [0.15, 0.2) is 11.2 Å². The minimum absolute atomic E-state index is 0.0967. The lowest BCUT2D eigenvalue weighted by Gasteiger charge is -2.47. The first kappa shape index (κ1) is 20.8. The maximum atomic E-state index is 12.9. The molecule has 0 radical (unpaired) electrons. The van der Waals surface area contributed by atoms with Crippen LogP contribution >= 0.6 is 0 Å². The summed E-state index contributed by atoms with van der Waals surface area (Å²) in [5.74, 6) is 0.237. The van der Waals surface area contributed by atoms with E-state index >= 15 is 0 Å². The summed E-state index contributed by atoms with van der Waals surface area (Å²) in [7, 11) is 6.68. The van der Waals surface area contributed by atoms with E-state index in [1.807, 2.05) is 16.5 Å². The third kappa shape index (κ3) is 3.27. The first-order valence-electron chi connectivity index (χ1n) is 10.4. The molecule has 10 heteroatoms. The molecule has 2 aliphatic heterocycles. The van der Waals surface area contributed by atoms with E-state index in [9.17, 15) is 14.4 Å². The molecule has 0 N–H and O–H groups in total. The van der Waals surface area contributed by atoms with E-state index in [-0.39, 0.29) is 28.7 Å². The van der Waals surface area contributed by atoms with E-state index in [0.29, 0.717) is 24.3 Å². The highest BCUT2D eigenvalue weighted by Gasteiger charge is 2.47. The SMILES string of the molecule is COC1CN(C)C(=O)C2(CCN(CCn3cnc4c3c(=O)n(C)c(=O)n4C)CC2)C1. The molecule has 4 heterocycles. The van der Waals surface area contributed by atoms with Gasteiger partial charge in [-0.2, -0.15) is 0 Å². The summed E-state index contributed by atoms with van der Waals surface area (Å²) in [5, 5.41) is 0. The molecule has 2 aliphatic rings. The number of imidazole rings is 1. The van der Waals surface area contributed by atoms with Crippen molar-refractivity contribution in [3.63, 3.8) is 0 Å². The van der Waals surface area contributed by atoms with Crippen LogP contribution in [0.25, 0.3) is 11.2 Å². The van der Waals surface area contributed by atoms with Gasteiger partial charge in [0.05, 0.1) is 17.8 Å². The van der Waals surface area contributed by atoms with Crippen molar-refractivity contribution in [2.24, 2.45) is 19.5 Å². The van der Waals surface area contributed by atoms with E-state index in [2.05, 4.69) is 9.88 Å². The Labute approximate surface area is 174 Å². The van der Waals surface area contributed by atoms with Gasteiger partial charge >= 0.3 is 5.69 Å². The van der Waals surface area contributed by atoms with E-state index < -0.39 is 0 Å². The lowest BCUT2D eigenvalue weighted by Crippen LogP contribution is -2.56. The van der Waals surface area contributed by atoms with Gasteiger partial charge in [0.1, 0.15) is 0 Å². The molecule has 0 saturated carbocycles. The van der Waals surface area contributed by atoms with Gasteiger partial charge in [0.2, 0.25) is 5.91 Å². The Morgan fingerprint density at radius 1 is 1.10 bits per heavy atom. The van der Waals surface area contributed by atoms with Crippen LogP contribution in [0, 0.1) is 5.41 Å². The highest BCUT2D eigenvalue weighted by atomic mass is 16.5. The number of hydrogen-bond acceptors (Lipinski definition) is 6. The van der Waals surface area contributed by atoms with Gasteiger partial charge in [-0.15, -0.1) is 0 Å². The van der Waals surface area contributed by atoms with Gasteiger partial charge in [-0.3, -0.25) is 18.7 Å². The Bertz CT molecular complexity index is 1080. The molecule has 1 spiro atoms. The number of carbonyl (C=O) groups excluding carboxylic acids is 1. The number of likely N-dealkylation sites (N-methyl/N-ethyl adjacent to an activating group) is 1. The summed E-state index contributed by atoms with van der Waals surface area (Å²) in [5.41, 5.74) is -0.178. The van der Waals surface area contributed by atoms with Crippen LogP contribution in [0.3, 0.4) is 0 Å². The molecule has 30 heavy (non-hydrogen) atoms. The van der Waals surface area contributed by atoms with Gasteiger partial charge in [0, 0.05) is 47.9 Å². The van der Waals surface area contributed by atoms with Crippen LogP contribution in [0.15, 0.2) is 15.9 Å². The van der Waals surface area contributed by atoms with Crippen LogP contribution in [-0.2, 0) is 30.2 Å². The first-order chi connectivity index (χ1) is 14.3. The van der Waals surface area contributed by atoms with Crippen molar-refractivity contribution in [1.82, 2.24) is 28.5 Å². The van der Waals surface area contributed by atoms with Crippen LogP contribution in [-0.4, -0.2) is 80.8 Å². The zero-order valence-electron chi connectivity index (χ0n) is 18.1. The summed E-state index contributed by atoms with van der Waals surface area (Å²) in [6.45, 7) is 3.68. The fraction of sp³-hybridized carbons (Fsp3) is 0.700. The van der Waals surface area contributed by atoms with Crippen molar-refractivity contribution in [2.75, 3.05) is 40.3 Å². The Morgan fingerprint density at radius 3 is 2.47 bits per heavy atom. The number of carbonyl (C=O) groups is 1. The third-order valence-corrected chi connectivity index (χ3v) is 6.92. The van der Waals surface area contributed by atoms with E-state index in [4.69, 9.17) is 4.74 Å². The average Bonchev–Trinajstić information content (AvgIpc) is 3.18. The van der Waals surface area contributed by atoms with Gasteiger partial charge < -0.3 is 19.1 Å². The van der Waals surface area contributed by atoms with E-state index in [1.54, 1.807) is 20.5 Å². The molecule has 1 unspecified atom stereocenters. The largest absolute Gasteiger partial charge is 0.380 e. The summed E-state index contributed by atoms with van der Waals surface area (Å²) >= 11 is 0. The molecular weight excluding hydrogens is 388 g/mol. The standard InChI is InChI=1S/C20H30N6O4/c1-22-12-14(30-4)11-20(18(22)28)5-7-25(8-6-20)9-10-26-13-21-16-15(26)17(27)24(3)19(29)23(16)2/h13-14H,5-12H2,1-4H3. The van der Waals surface area contributed by atoms with Crippen molar-refractivity contribution in [3.05, 3.63) is 27.2 Å². The van der Waals surface area contributed by atoms with Crippen molar-refractivity contribution in [1.29, 1.82) is 0 Å². The van der Waals surface area contributed by atoms with Crippen LogP contribution in [0.5, 0.6) is 0 Å². The van der Waals surface area contributed by atoms with Crippen molar-refractivity contribution in [2.45, 2.75) is 31.9 Å². The van der Waals surface area contributed by atoms with Crippen LogP contribution in [0.1, 0.15) is 19.3 Å². The first-order valence-corrected chi connectivity index (χ1v) is 10.4. The average molecular weight is 418 g/mol. The Morgan fingerprint density at radius 2 is 1.80 bits per heavy atom. The number of piperidine rings is 2. The van der Waals surface area contributed by atoms with Gasteiger partial charge in [-0.05, 0) is 32.4 Å². The number of aromatic nitrogens is 4. The Kier molecular flexibility index (Phi) is 5.31. The number of methoxy groups -OCH3 is 1. The molecule has 0 aromatic carbocycles. The highest BCUT2D eigenvalue weighted by Crippen LogP contribution is 2.41. The number of ether oxygens (including phenoxy) is 1. The van der Waals surface area contributed by atoms with Crippen LogP contribution < -0.4 is 11.2 Å². The fourth-order valence-electron chi connectivity index (χ4n) is 4.98. The predicted octanol–water partition coefficient (Wildman–Crippen LogP) is -0.607. The molecule has 4 rings (SSSR count). The Balaban J connectivity index is 1.45. The summed E-state index contributed by atoms with van der Waals surface area (Å²) in [4.78, 5) is 46.0. The molecule has 2 aromatic heterocycles. The van der Waals surface area contributed by atoms with Crippen molar-refractivity contribution in [3.8, 4) is 0 Å². The molecule has 0 aliphatic carbocycles. The number of hydrogen-bond donors (Lipinski definition) is 0. The smallest absolute Gasteiger partial charge is 0.332 e. The predicted molar refractivity (Wildman–Crippen MR) is 111 cm³/mol. The maximum Gasteiger partial charge on any atom is 0.332 e. The minimum Gasteiger partial charge on any atom is -0.380 e. The number of rotatable bonds is 4. The highest BCUT2D eigenvalue weighted by molar-refractivity contribution is 5.83. The molecule has 10 nitrogen and oxygen atoms in total. The minimum atomic E-state index is -0.379.